The van der Waals surface area contributed by atoms with Crippen molar-refractivity contribution in [2.75, 3.05) is 6.61 Å². The summed E-state index contributed by atoms with van der Waals surface area (Å²) in [6.07, 6.45) is 3.48. The number of unbranched alkanes of at least 4 members (excludes halogenated alkanes) is 2. The number of hydrogen-bond donors (Lipinski definition) is 0. The van der Waals surface area contributed by atoms with Gasteiger partial charge in [0, 0.05) is 17.5 Å². The third-order valence-corrected chi connectivity index (χ3v) is 4.39. The molecule has 0 spiro atoms. The second-order valence-corrected chi connectivity index (χ2v) is 7.11. The van der Waals surface area contributed by atoms with Gasteiger partial charge in [0.2, 0.25) is 0 Å². The van der Waals surface area contributed by atoms with Crippen molar-refractivity contribution in [3.8, 4) is 11.7 Å². The molecule has 0 amide bonds. The summed E-state index contributed by atoms with van der Waals surface area (Å²) in [5.41, 5.74) is 3.79. The first-order valence-corrected chi connectivity index (χ1v) is 10.0. The molecule has 2 aromatic heterocycles. The van der Waals surface area contributed by atoms with Crippen LogP contribution in [0.5, 0.6) is 5.75 Å². The number of rotatable bonds is 9. The summed E-state index contributed by atoms with van der Waals surface area (Å²) >= 11 is 0. The second kappa shape index (κ2) is 9.91. The van der Waals surface area contributed by atoms with E-state index in [0.717, 1.165) is 41.4 Å². The highest BCUT2D eigenvalue weighted by molar-refractivity contribution is 5.33. The van der Waals surface area contributed by atoms with Gasteiger partial charge in [-0.15, -0.1) is 5.11 Å². The molecule has 2 heterocycles. The predicted molar refractivity (Wildman–Crippen MR) is 113 cm³/mol. The molecule has 1 aromatic carbocycles. The number of ether oxygens (including phenoxy) is 1. The average Bonchev–Trinajstić information content (AvgIpc) is 3.04. The van der Waals surface area contributed by atoms with E-state index in [-0.39, 0.29) is 0 Å². The van der Waals surface area contributed by atoms with Gasteiger partial charge in [0.05, 0.1) is 18.8 Å². The highest BCUT2D eigenvalue weighted by Gasteiger charge is 2.08. The number of hydrogen-bond acceptors (Lipinski definition) is 6. The molecule has 29 heavy (non-hydrogen) atoms. The maximum atomic E-state index is 5.74. The highest BCUT2D eigenvalue weighted by Crippen LogP contribution is 2.17. The lowest BCUT2D eigenvalue weighted by Gasteiger charge is -2.06. The zero-order chi connectivity index (χ0) is 20.6. The lowest BCUT2D eigenvalue weighted by atomic mass is 10.2. The van der Waals surface area contributed by atoms with Crippen LogP contribution in [-0.2, 0) is 6.54 Å². The van der Waals surface area contributed by atoms with Crippen molar-refractivity contribution in [2.45, 2.75) is 53.5 Å². The largest absolute Gasteiger partial charge is 0.494 e. The van der Waals surface area contributed by atoms with Gasteiger partial charge in [-0.25, -0.2) is 9.67 Å². The van der Waals surface area contributed by atoms with Crippen LogP contribution >= 0.6 is 0 Å². The lowest BCUT2D eigenvalue weighted by molar-refractivity contribution is 0.306. The van der Waals surface area contributed by atoms with E-state index < -0.39 is 0 Å². The molecule has 0 aliphatic rings. The van der Waals surface area contributed by atoms with E-state index in [9.17, 15) is 0 Å². The van der Waals surface area contributed by atoms with Gasteiger partial charge in [0.25, 0.3) is 5.95 Å². The number of azo groups is 1. The summed E-state index contributed by atoms with van der Waals surface area (Å²) in [4.78, 5) is 8.94. The first kappa shape index (κ1) is 20.6. The maximum absolute atomic E-state index is 5.74. The molecule has 7 heteroatoms. The van der Waals surface area contributed by atoms with E-state index in [4.69, 9.17) is 4.74 Å². The molecule has 0 N–H and O–H groups in total. The number of benzene rings is 1. The minimum atomic E-state index is 0.481. The molecule has 3 rings (SSSR count). The van der Waals surface area contributed by atoms with Crippen molar-refractivity contribution in [3.05, 3.63) is 59.0 Å². The number of nitrogens with zero attached hydrogens (tertiary/aromatic N) is 6. The SMILES string of the molecule is CCCCCOc1ccc(CN=Nc2cc(C)nc(-n3nc(C)cc3C)n2)cc1. The van der Waals surface area contributed by atoms with Gasteiger partial charge in [-0.05, 0) is 51.0 Å². The smallest absolute Gasteiger partial charge is 0.253 e. The highest BCUT2D eigenvalue weighted by atomic mass is 16.5. The molecule has 0 unspecified atom stereocenters. The van der Waals surface area contributed by atoms with Gasteiger partial charge in [-0.3, -0.25) is 0 Å². The van der Waals surface area contributed by atoms with E-state index in [1.165, 1.54) is 12.8 Å². The number of aromatic nitrogens is 4. The van der Waals surface area contributed by atoms with E-state index >= 15 is 0 Å². The predicted octanol–water partition coefficient (Wildman–Crippen LogP) is 5.44. The average molecular weight is 393 g/mol. The Bertz CT molecular complexity index is 962. The van der Waals surface area contributed by atoms with Gasteiger partial charge in [-0.2, -0.15) is 15.2 Å². The van der Waals surface area contributed by atoms with Crippen LogP contribution in [0.3, 0.4) is 0 Å². The Kier molecular flexibility index (Phi) is 7.05. The third kappa shape index (κ3) is 5.94. The van der Waals surface area contributed by atoms with E-state index in [1.54, 1.807) is 4.68 Å². The van der Waals surface area contributed by atoms with E-state index in [0.29, 0.717) is 18.3 Å². The Hall–Kier alpha value is -3.09. The fraction of sp³-hybridized carbons (Fsp3) is 0.409. The Morgan fingerprint density at radius 1 is 0.966 bits per heavy atom. The van der Waals surface area contributed by atoms with E-state index in [2.05, 4.69) is 32.2 Å². The quantitative estimate of drug-likeness (QED) is 0.359. The molecule has 0 aliphatic carbocycles. The van der Waals surface area contributed by atoms with Gasteiger partial charge in [-0.1, -0.05) is 31.9 Å². The van der Waals surface area contributed by atoms with Crippen molar-refractivity contribution in [3.63, 3.8) is 0 Å². The third-order valence-electron chi connectivity index (χ3n) is 4.39. The molecule has 0 saturated heterocycles. The summed E-state index contributed by atoms with van der Waals surface area (Å²) in [7, 11) is 0. The van der Waals surface area contributed by atoms with Crippen LogP contribution < -0.4 is 4.74 Å². The first-order chi connectivity index (χ1) is 14.0. The molecule has 0 fully saturated rings. The van der Waals surface area contributed by atoms with Crippen LogP contribution in [0.1, 0.15) is 48.8 Å². The molecule has 152 valence electrons. The summed E-state index contributed by atoms with van der Waals surface area (Å²) in [5.74, 6) is 1.92. The van der Waals surface area contributed by atoms with Gasteiger partial charge < -0.3 is 4.74 Å². The van der Waals surface area contributed by atoms with Crippen LogP contribution in [0.25, 0.3) is 5.95 Å². The fourth-order valence-electron chi connectivity index (χ4n) is 2.94. The molecule has 3 aromatic rings. The first-order valence-electron chi connectivity index (χ1n) is 10.0. The normalized spacial score (nSPS) is 11.3. The van der Waals surface area contributed by atoms with Crippen LogP contribution in [0.4, 0.5) is 5.82 Å². The zero-order valence-corrected chi connectivity index (χ0v) is 17.6. The molecule has 7 nitrogen and oxygen atoms in total. The summed E-state index contributed by atoms with van der Waals surface area (Å²) < 4.78 is 7.46. The Balaban J connectivity index is 1.62. The number of aryl methyl sites for hydroxylation is 3. The van der Waals surface area contributed by atoms with Gasteiger partial charge in [0.1, 0.15) is 5.75 Å². The van der Waals surface area contributed by atoms with Crippen molar-refractivity contribution in [1.29, 1.82) is 0 Å². The molecule has 0 atom stereocenters. The molecular formula is C22H28N6O. The lowest BCUT2D eigenvalue weighted by Crippen LogP contribution is -2.05. The molecular weight excluding hydrogens is 364 g/mol. The van der Waals surface area contributed by atoms with Crippen LogP contribution in [0, 0.1) is 20.8 Å². The maximum Gasteiger partial charge on any atom is 0.253 e. The standard InChI is InChI=1S/C22H28N6O/c1-5-6-7-12-29-20-10-8-19(9-11-20)15-23-26-21-14-16(2)24-22(25-21)28-18(4)13-17(3)27-28/h8-11,13-14H,5-7,12,15H2,1-4H3. The van der Waals surface area contributed by atoms with Crippen LogP contribution in [-0.4, -0.2) is 26.4 Å². The van der Waals surface area contributed by atoms with Gasteiger partial charge >= 0.3 is 0 Å². The van der Waals surface area contributed by atoms with Crippen molar-refractivity contribution >= 4 is 5.82 Å². The Morgan fingerprint density at radius 2 is 1.76 bits per heavy atom. The zero-order valence-electron chi connectivity index (χ0n) is 17.6. The van der Waals surface area contributed by atoms with Crippen LogP contribution in [0.2, 0.25) is 0 Å². The van der Waals surface area contributed by atoms with Crippen molar-refractivity contribution in [2.24, 2.45) is 10.2 Å². The topological polar surface area (TPSA) is 77.5 Å². The van der Waals surface area contributed by atoms with Crippen molar-refractivity contribution in [1.82, 2.24) is 19.7 Å². The van der Waals surface area contributed by atoms with Crippen molar-refractivity contribution < 1.29 is 4.74 Å². The Labute approximate surface area is 171 Å². The summed E-state index contributed by atoms with van der Waals surface area (Å²) in [6, 6.07) is 11.8. The monoisotopic (exact) mass is 392 g/mol. The molecule has 0 radical (unpaired) electrons. The second-order valence-electron chi connectivity index (χ2n) is 7.11. The molecule has 0 aliphatic heterocycles. The minimum Gasteiger partial charge on any atom is -0.494 e. The molecule has 0 saturated carbocycles. The molecule has 0 bridgehead atoms. The summed E-state index contributed by atoms with van der Waals surface area (Å²) in [6.45, 7) is 9.26. The minimum absolute atomic E-state index is 0.481. The summed E-state index contributed by atoms with van der Waals surface area (Å²) in [5, 5.41) is 13.0. The fourth-order valence-corrected chi connectivity index (χ4v) is 2.94. The van der Waals surface area contributed by atoms with Gasteiger partial charge in [0.15, 0.2) is 5.82 Å². The van der Waals surface area contributed by atoms with E-state index in [1.807, 2.05) is 57.2 Å². The Morgan fingerprint density at radius 3 is 2.45 bits per heavy atom. The van der Waals surface area contributed by atoms with Crippen LogP contribution in [0.15, 0.2) is 46.6 Å².